The highest BCUT2D eigenvalue weighted by atomic mass is 19.1. The minimum Gasteiger partial charge on any atom is -0.397 e. The third-order valence-electron chi connectivity index (χ3n) is 2.58. The van der Waals surface area contributed by atoms with Crippen LogP contribution in [-0.2, 0) is 4.79 Å². The maximum Gasteiger partial charge on any atom is 0.227 e. The zero-order valence-corrected chi connectivity index (χ0v) is 10.3. The molecule has 1 aromatic rings. The van der Waals surface area contributed by atoms with E-state index in [1.165, 1.54) is 12.1 Å². The van der Waals surface area contributed by atoms with Crippen molar-refractivity contribution < 1.29 is 9.18 Å². The van der Waals surface area contributed by atoms with Crippen molar-refractivity contribution in [3.8, 4) is 0 Å². The molecule has 0 saturated heterocycles. The van der Waals surface area contributed by atoms with Crippen LogP contribution in [0.2, 0.25) is 0 Å². The van der Waals surface area contributed by atoms with E-state index in [0.717, 1.165) is 0 Å². The number of hydrogen-bond acceptors (Lipinski definition) is 3. The molecular formula is C12H18FN3O. The van der Waals surface area contributed by atoms with Gasteiger partial charge in [0.05, 0.1) is 16.8 Å². The van der Waals surface area contributed by atoms with Gasteiger partial charge in [0.2, 0.25) is 5.91 Å². The van der Waals surface area contributed by atoms with Crippen LogP contribution in [0.5, 0.6) is 0 Å². The molecule has 1 amide bonds. The summed E-state index contributed by atoms with van der Waals surface area (Å²) >= 11 is 0. The molecular weight excluding hydrogens is 221 g/mol. The summed E-state index contributed by atoms with van der Waals surface area (Å²) in [7, 11) is 1.59. The first-order valence-electron chi connectivity index (χ1n) is 5.38. The topological polar surface area (TPSA) is 67.2 Å². The van der Waals surface area contributed by atoms with Gasteiger partial charge in [0.25, 0.3) is 0 Å². The van der Waals surface area contributed by atoms with Crippen LogP contribution in [0.15, 0.2) is 18.2 Å². The predicted octanol–water partition coefficient (Wildman–Crippen LogP) is 1.59. The Morgan fingerprint density at radius 1 is 1.47 bits per heavy atom. The van der Waals surface area contributed by atoms with Crippen LogP contribution in [-0.4, -0.2) is 19.5 Å². The van der Waals surface area contributed by atoms with Gasteiger partial charge in [-0.3, -0.25) is 4.79 Å². The van der Waals surface area contributed by atoms with Gasteiger partial charge in [0.15, 0.2) is 0 Å². The molecule has 1 aromatic carbocycles. The van der Waals surface area contributed by atoms with E-state index in [2.05, 4.69) is 10.6 Å². The lowest BCUT2D eigenvalue weighted by Crippen LogP contribution is -2.39. The fraction of sp³-hybridized carbons (Fsp3) is 0.417. The normalized spacial score (nSPS) is 11.1. The number of carbonyl (C=O) groups excluding carboxylic acids is 1. The molecule has 17 heavy (non-hydrogen) atoms. The van der Waals surface area contributed by atoms with Crippen molar-refractivity contribution in [2.75, 3.05) is 24.6 Å². The molecule has 0 aliphatic rings. The Hall–Kier alpha value is -1.78. The highest BCUT2D eigenvalue weighted by Gasteiger charge is 2.26. The summed E-state index contributed by atoms with van der Waals surface area (Å²) < 4.78 is 12.8. The van der Waals surface area contributed by atoms with E-state index in [-0.39, 0.29) is 11.7 Å². The molecule has 0 saturated carbocycles. The Bertz CT molecular complexity index is 418. The second-order valence-electron chi connectivity index (χ2n) is 4.55. The Morgan fingerprint density at radius 2 is 2.12 bits per heavy atom. The Balaban J connectivity index is 2.70. The fourth-order valence-corrected chi connectivity index (χ4v) is 1.43. The van der Waals surface area contributed by atoms with Gasteiger partial charge in [0.1, 0.15) is 5.82 Å². The maximum absolute atomic E-state index is 12.8. The van der Waals surface area contributed by atoms with Crippen molar-refractivity contribution in [2.45, 2.75) is 13.8 Å². The zero-order chi connectivity index (χ0) is 13.1. The number of amides is 1. The molecule has 0 aliphatic carbocycles. The zero-order valence-electron chi connectivity index (χ0n) is 10.3. The van der Waals surface area contributed by atoms with Gasteiger partial charge < -0.3 is 16.4 Å². The third-order valence-corrected chi connectivity index (χ3v) is 2.58. The lowest BCUT2D eigenvalue weighted by molar-refractivity contribution is -0.128. The fourth-order valence-electron chi connectivity index (χ4n) is 1.43. The van der Waals surface area contributed by atoms with Crippen molar-refractivity contribution in [3.05, 3.63) is 24.0 Å². The number of hydrogen-bond donors (Lipinski definition) is 3. The van der Waals surface area contributed by atoms with Crippen LogP contribution in [0.25, 0.3) is 0 Å². The minimum atomic E-state index is -0.560. The number of benzene rings is 1. The number of nitrogen functional groups attached to an aromatic ring is 1. The van der Waals surface area contributed by atoms with E-state index < -0.39 is 5.41 Å². The van der Waals surface area contributed by atoms with Gasteiger partial charge in [-0.1, -0.05) is 0 Å². The monoisotopic (exact) mass is 239 g/mol. The van der Waals surface area contributed by atoms with Crippen molar-refractivity contribution >= 4 is 17.3 Å². The molecule has 0 aliphatic heterocycles. The first-order valence-corrected chi connectivity index (χ1v) is 5.38. The van der Waals surface area contributed by atoms with Gasteiger partial charge in [0, 0.05) is 13.6 Å². The lowest BCUT2D eigenvalue weighted by atomic mass is 9.92. The van der Waals surface area contributed by atoms with Crippen molar-refractivity contribution in [1.29, 1.82) is 0 Å². The smallest absolute Gasteiger partial charge is 0.227 e. The third kappa shape index (κ3) is 3.34. The van der Waals surface area contributed by atoms with Gasteiger partial charge in [-0.15, -0.1) is 0 Å². The van der Waals surface area contributed by atoms with Crippen molar-refractivity contribution in [1.82, 2.24) is 5.32 Å². The van der Waals surface area contributed by atoms with Crippen LogP contribution < -0.4 is 16.4 Å². The molecule has 0 heterocycles. The molecule has 0 spiro atoms. The highest BCUT2D eigenvalue weighted by Crippen LogP contribution is 2.22. The molecule has 4 N–H and O–H groups in total. The molecule has 0 aromatic heterocycles. The van der Waals surface area contributed by atoms with Crippen LogP contribution >= 0.6 is 0 Å². The molecule has 0 radical (unpaired) electrons. The SMILES string of the molecule is CNC(=O)C(C)(C)CNc1ccc(F)cc1N. The molecule has 1 rings (SSSR count). The number of halogens is 1. The van der Waals surface area contributed by atoms with Crippen molar-refractivity contribution in [2.24, 2.45) is 5.41 Å². The van der Waals surface area contributed by atoms with Crippen LogP contribution in [0.1, 0.15) is 13.8 Å². The Morgan fingerprint density at radius 3 is 2.65 bits per heavy atom. The van der Waals surface area contributed by atoms with E-state index in [1.54, 1.807) is 13.1 Å². The largest absolute Gasteiger partial charge is 0.397 e. The summed E-state index contributed by atoms with van der Waals surface area (Å²) in [5, 5.41) is 5.64. The van der Waals surface area contributed by atoms with Gasteiger partial charge in [-0.25, -0.2) is 4.39 Å². The van der Waals surface area contributed by atoms with Gasteiger partial charge in [-0.2, -0.15) is 0 Å². The second-order valence-corrected chi connectivity index (χ2v) is 4.55. The Labute approximate surface area is 100 Å². The van der Waals surface area contributed by atoms with E-state index in [0.29, 0.717) is 17.9 Å². The van der Waals surface area contributed by atoms with Gasteiger partial charge >= 0.3 is 0 Å². The summed E-state index contributed by atoms with van der Waals surface area (Å²) in [6, 6.07) is 4.13. The average Bonchev–Trinajstić information content (AvgIpc) is 2.26. The number of anilines is 2. The van der Waals surface area contributed by atoms with Crippen LogP contribution in [0.4, 0.5) is 15.8 Å². The first kappa shape index (κ1) is 13.3. The highest BCUT2D eigenvalue weighted by molar-refractivity contribution is 5.82. The summed E-state index contributed by atoms with van der Waals surface area (Å²) in [5.74, 6) is -0.440. The van der Waals surface area contributed by atoms with Gasteiger partial charge in [-0.05, 0) is 32.0 Å². The van der Waals surface area contributed by atoms with E-state index in [4.69, 9.17) is 5.73 Å². The maximum atomic E-state index is 12.8. The molecule has 5 heteroatoms. The lowest BCUT2D eigenvalue weighted by Gasteiger charge is -2.23. The average molecular weight is 239 g/mol. The van der Waals surface area contributed by atoms with Crippen LogP contribution in [0, 0.1) is 11.2 Å². The first-order chi connectivity index (χ1) is 7.86. The van der Waals surface area contributed by atoms with Crippen LogP contribution in [0.3, 0.4) is 0 Å². The number of carbonyl (C=O) groups is 1. The molecule has 0 fully saturated rings. The predicted molar refractivity (Wildman–Crippen MR) is 67.1 cm³/mol. The molecule has 4 nitrogen and oxygen atoms in total. The standard InChI is InChI=1S/C12H18FN3O/c1-12(2,11(17)15-3)7-16-10-5-4-8(13)6-9(10)14/h4-6,16H,7,14H2,1-3H3,(H,15,17). The van der Waals surface area contributed by atoms with E-state index in [9.17, 15) is 9.18 Å². The molecule has 0 atom stereocenters. The summed E-state index contributed by atoms with van der Waals surface area (Å²) in [5.41, 5.74) is 6.06. The summed E-state index contributed by atoms with van der Waals surface area (Å²) in [6.07, 6.45) is 0. The van der Waals surface area contributed by atoms with E-state index >= 15 is 0 Å². The van der Waals surface area contributed by atoms with E-state index in [1.807, 2.05) is 13.8 Å². The van der Waals surface area contributed by atoms with Crippen molar-refractivity contribution in [3.63, 3.8) is 0 Å². The summed E-state index contributed by atoms with van der Waals surface area (Å²) in [4.78, 5) is 11.6. The second kappa shape index (κ2) is 5.03. The number of rotatable bonds is 4. The quantitative estimate of drug-likeness (QED) is 0.699. The molecule has 0 bridgehead atoms. The number of nitrogens with one attached hydrogen (secondary N) is 2. The number of nitrogens with two attached hydrogens (primary N) is 1. The molecule has 94 valence electrons. The molecule has 0 unspecified atom stereocenters. The summed E-state index contributed by atoms with van der Waals surface area (Å²) in [6.45, 7) is 4.06. The Kier molecular flexibility index (Phi) is 3.93. The minimum absolute atomic E-state index is 0.0642.